The second-order valence-electron chi connectivity index (χ2n) is 5.09. The molecule has 2 aromatic heterocycles. The lowest BCUT2D eigenvalue weighted by Gasteiger charge is -2.42. The van der Waals surface area contributed by atoms with E-state index >= 15 is 0 Å². The highest BCUT2D eigenvalue weighted by molar-refractivity contribution is 6.33. The number of anilines is 1. The zero-order chi connectivity index (χ0) is 15.0. The van der Waals surface area contributed by atoms with Gasteiger partial charge in [-0.2, -0.15) is 10.4 Å². The molecular formula is C14H14ClN5O. The third kappa shape index (κ3) is 2.46. The van der Waals surface area contributed by atoms with Crippen LogP contribution >= 0.6 is 11.6 Å². The number of aliphatic hydroxyl groups excluding tert-OH is 1. The quantitative estimate of drug-likeness (QED) is 0.904. The second kappa shape index (κ2) is 5.35. The molecule has 1 aliphatic rings. The third-order valence-corrected chi connectivity index (χ3v) is 4.03. The summed E-state index contributed by atoms with van der Waals surface area (Å²) >= 11 is 6.15. The monoisotopic (exact) mass is 303 g/mol. The van der Waals surface area contributed by atoms with E-state index in [0.29, 0.717) is 28.5 Å². The number of aromatic nitrogens is 3. The SMILES string of the molecule is Cc1nc(N[C@H]2C[C@@H](O)[C@@H]2n2cccn2)c(Cl)cc1C#N. The molecule has 1 saturated carbocycles. The maximum atomic E-state index is 9.94. The molecule has 2 heterocycles. The summed E-state index contributed by atoms with van der Waals surface area (Å²) in [7, 11) is 0. The van der Waals surface area contributed by atoms with Crippen molar-refractivity contribution in [3.8, 4) is 6.07 Å². The average Bonchev–Trinajstić information content (AvgIpc) is 2.94. The van der Waals surface area contributed by atoms with Gasteiger partial charge in [0.1, 0.15) is 11.9 Å². The van der Waals surface area contributed by atoms with Gasteiger partial charge in [-0.3, -0.25) is 4.68 Å². The van der Waals surface area contributed by atoms with Crippen LogP contribution in [0.1, 0.15) is 23.7 Å². The largest absolute Gasteiger partial charge is 0.391 e. The molecule has 7 heteroatoms. The summed E-state index contributed by atoms with van der Waals surface area (Å²) < 4.78 is 1.73. The number of nitrogens with one attached hydrogen (secondary N) is 1. The minimum atomic E-state index is -0.444. The first-order valence-electron chi connectivity index (χ1n) is 6.61. The molecule has 0 aromatic carbocycles. The van der Waals surface area contributed by atoms with Crippen LogP contribution in [0.3, 0.4) is 0 Å². The van der Waals surface area contributed by atoms with Crippen LogP contribution in [0.25, 0.3) is 0 Å². The Balaban J connectivity index is 1.82. The van der Waals surface area contributed by atoms with Crippen LogP contribution in [0.15, 0.2) is 24.5 Å². The molecule has 0 unspecified atom stereocenters. The van der Waals surface area contributed by atoms with Gasteiger partial charge in [-0.1, -0.05) is 11.6 Å². The van der Waals surface area contributed by atoms with Crippen LogP contribution in [0.2, 0.25) is 5.02 Å². The Morgan fingerprint density at radius 3 is 3.00 bits per heavy atom. The highest BCUT2D eigenvalue weighted by Gasteiger charge is 2.42. The van der Waals surface area contributed by atoms with Crippen molar-refractivity contribution in [2.24, 2.45) is 0 Å². The molecule has 0 amide bonds. The Hall–Kier alpha value is -2.10. The van der Waals surface area contributed by atoms with Crippen molar-refractivity contribution in [1.29, 1.82) is 5.26 Å². The molecule has 0 saturated heterocycles. The fourth-order valence-electron chi connectivity index (χ4n) is 2.54. The van der Waals surface area contributed by atoms with E-state index in [1.807, 2.05) is 12.3 Å². The second-order valence-corrected chi connectivity index (χ2v) is 5.50. The lowest BCUT2D eigenvalue weighted by atomic mass is 9.83. The summed E-state index contributed by atoms with van der Waals surface area (Å²) in [6, 6.07) is 5.33. The number of rotatable bonds is 3. The first-order chi connectivity index (χ1) is 10.1. The highest BCUT2D eigenvalue weighted by atomic mass is 35.5. The summed E-state index contributed by atoms with van der Waals surface area (Å²) in [4.78, 5) is 4.33. The number of nitrogens with zero attached hydrogens (tertiary/aromatic N) is 4. The molecule has 2 N–H and O–H groups in total. The van der Waals surface area contributed by atoms with Crippen molar-refractivity contribution in [2.45, 2.75) is 31.5 Å². The van der Waals surface area contributed by atoms with Gasteiger partial charge in [-0.15, -0.1) is 0 Å². The molecule has 2 aromatic rings. The predicted molar refractivity (Wildman–Crippen MR) is 78.0 cm³/mol. The molecule has 6 nitrogen and oxygen atoms in total. The van der Waals surface area contributed by atoms with Crippen LogP contribution in [0.5, 0.6) is 0 Å². The van der Waals surface area contributed by atoms with Crippen molar-refractivity contribution in [3.63, 3.8) is 0 Å². The van der Waals surface area contributed by atoms with E-state index in [2.05, 4.69) is 21.5 Å². The van der Waals surface area contributed by atoms with E-state index in [1.165, 1.54) is 0 Å². The van der Waals surface area contributed by atoms with Crippen molar-refractivity contribution < 1.29 is 5.11 Å². The number of hydrogen-bond acceptors (Lipinski definition) is 5. The molecule has 21 heavy (non-hydrogen) atoms. The van der Waals surface area contributed by atoms with Gasteiger partial charge in [-0.25, -0.2) is 4.98 Å². The number of aryl methyl sites for hydroxylation is 1. The average molecular weight is 304 g/mol. The Morgan fingerprint density at radius 1 is 1.57 bits per heavy atom. The summed E-state index contributed by atoms with van der Waals surface area (Å²) in [6.45, 7) is 1.76. The topological polar surface area (TPSA) is 86.8 Å². The molecule has 1 fully saturated rings. The summed E-state index contributed by atoms with van der Waals surface area (Å²) in [5, 5.41) is 26.7. The van der Waals surface area contributed by atoms with Crippen LogP contribution in [0.4, 0.5) is 5.82 Å². The van der Waals surface area contributed by atoms with E-state index in [4.69, 9.17) is 16.9 Å². The maximum Gasteiger partial charge on any atom is 0.145 e. The van der Waals surface area contributed by atoms with E-state index in [0.717, 1.165) is 0 Å². The summed E-state index contributed by atoms with van der Waals surface area (Å²) in [5.41, 5.74) is 1.09. The number of halogens is 1. The molecule has 108 valence electrons. The van der Waals surface area contributed by atoms with Gasteiger partial charge in [-0.05, 0) is 25.5 Å². The van der Waals surface area contributed by atoms with Crippen LogP contribution < -0.4 is 5.32 Å². The van der Waals surface area contributed by atoms with E-state index < -0.39 is 6.10 Å². The Labute approximate surface area is 127 Å². The van der Waals surface area contributed by atoms with Crippen LogP contribution in [-0.4, -0.2) is 32.0 Å². The van der Waals surface area contributed by atoms with Gasteiger partial charge in [0.25, 0.3) is 0 Å². The molecule has 0 spiro atoms. The molecule has 3 rings (SSSR count). The third-order valence-electron chi connectivity index (χ3n) is 3.74. The number of nitriles is 1. The van der Waals surface area contributed by atoms with Gasteiger partial charge in [0, 0.05) is 12.4 Å². The lowest BCUT2D eigenvalue weighted by molar-refractivity contribution is 0.0133. The van der Waals surface area contributed by atoms with Crippen molar-refractivity contribution in [3.05, 3.63) is 40.8 Å². The minimum absolute atomic E-state index is 0.00256. The summed E-state index contributed by atoms with van der Waals surface area (Å²) in [5.74, 6) is 0.530. The van der Waals surface area contributed by atoms with Crippen molar-refractivity contribution in [2.75, 3.05) is 5.32 Å². The van der Waals surface area contributed by atoms with E-state index in [9.17, 15) is 5.11 Å². The van der Waals surface area contributed by atoms with Crippen LogP contribution in [-0.2, 0) is 0 Å². The maximum absolute atomic E-state index is 9.94. The van der Waals surface area contributed by atoms with Crippen LogP contribution in [0, 0.1) is 18.3 Å². The zero-order valence-corrected chi connectivity index (χ0v) is 12.1. The van der Waals surface area contributed by atoms with Gasteiger partial charge < -0.3 is 10.4 Å². The lowest BCUT2D eigenvalue weighted by Crippen LogP contribution is -2.51. The molecule has 0 radical (unpaired) electrons. The van der Waals surface area contributed by atoms with Gasteiger partial charge in [0.2, 0.25) is 0 Å². The number of aliphatic hydroxyl groups is 1. The highest BCUT2D eigenvalue weighted by Crippen LogP contribution is 2.36. The minimum Gasteiger partial charge on any atom is -0.391 e. The van der Waals surface area contributed by atoms with Gasteiger partial charge in [0.15, 0.2) is 0 Å². The first-order valence-corrected chi connectivity index (χ1v) is 6.99. The molecule has 0 aliphatic heterocycles. The zero-order valence-electron chi connectivity index (χ0n) is 11.4. The number of hydrogen-bond donors (Lipinski definition) is 2. The summed E-state index contributed by atoms with van der Waals surface area (Å²) in [6.07, 6.45) is 3.65. The Bertz CT molecular complexity index is 694. The van der Waals surface area contributed by atoms with Gasteiger partial charge >= 0.3 is 0 Å². The molecule has 3 atom stereocenters. The van der Waals surface area contributed by atoms with Crippen molar-refractivity contribution in [1.82, 2.24) is 14.8 Å². The Morgan fingerprint density at radius 2 is 2.38 bits per heavy atom. The fraction of sp³-hybridized carbons (Fsp3) is 0.357. The molecule has 0 bridgehead atoms. The molecule has 1 aliphatic carbocycles. The predicted octanol–water partition coefficient (Wildman–Crippen LogP) is 1.90. The van der Waals surface area contributed by atoms with E-state index in [1.54, 1.807) is 23.9 Å². The van der Waals surface area contributed by atoms with E-state index in [-0.39, 0.29) is 12.1 Å². The molecular weight excluding hydrogens is 290 g/mol. The van der Waals surface area contributed by atoms with Crippen molar-refractivity contribution >= 4 is 17.4 Å². The van der Waals surface area contributed by atoms with Gasteiger partial charge in [0.05, 0.1) is 34.5 Å². The fourth-order valence-corrected chi connectivity index (χ4v) is 2.75. The normalized spacial score (nSPS) is 24.2. The first kappa shape index (κ1) is 13.9. The number of pyridine rings is 1. The Kier molecular flexibility index (Phi) is 3.53. The smallest absolute Gasteiger partial charge is 0.145 e. The standard InChI is InChI=1S/C14H14ClN5O/c1-8-9(7-16)5-10(15)14(18-8)19-11-6-12(21)13(11)20-4-2-3-17-20/h2-5,11-13,21H,6H2,1H3,(H,18,19)/t11-,12+,13+/m0/s1.